The van der Waals surface area contributed by atoms with Crippen LogP contribution in [0.5, 0.6) is 0 Å². The molecule has 0 bridgehead atoms. The van der Waals surface area contributed by atoms with Crippen LogP contribution in [-0.2, 0) is 14.4 Å². The van der Waals surface area contributed by atoms with Crippen molar-refractivity contribution in [2.24, 2.45) is 5.10 Å². The van der Waals surface area contributed by atoms with E-state index in [0.717, 1.165) is 5.56 Å². The predicted molar refractivity (Wildman–Crippen MR) is 115 cm³/mol. The van der Waals surface area contributed by atoms with Crippen LogP contribution in [-0.4, -0.2) is 23.4 Å². The van der Waals surface area contributed by atoms with Gasteiger partial charge in [0, 0.05) is 17.1 Å². The van der Waals surface area contributed by atoms with Crippen molar-refractivity contribution in [3.63, 3.8) is 0 Å². The lowest BCUT2D eigenvalue weighted by Gasteiger charge is -2.08. The molecule has 7 nitrogen and oxygen atoms in total. The molecule has 0 radical (unpaired) electrons. The number of rotatable bonds is 6. The van der Waals surface area contributed by atoms with Gasteiger partial charge in [-0.2, -0.15) is 5.10 Å². The smallest absolute Gasteiger partial charge is 0.326 e. The Balaban J connectivity index is 1.83. The Morgan fingerprint density at radius 3 is 2.24 bits per heavy atom. The molecule has 0 aliphatic heterocycles. The molecular weight excluding hydrogens is 368 g/mol. The van der Waals surface area contributed by atoms with Crippen LogP contribution in [0.15, 0.2) is 53.6 Å². The Hall–Kier alpha value is -3.48. The summed E-state index contributed by atoms with van der Waals surface area (Å²) in [6.07, 6.45) is -0.00822. The fourth-order valence-corrected chi connectivity index (χ4v) is 2.54. The van der Waals surface area contributed by atoms with Crippen LogP contribution >= 0.6 is 0 Å². The zero-order valence-corrected chi connectivity index (χ0v) is 17.1. The molecule has 3 N–H and O–H groups in total. The molecule has 0 aromatic heterocycles. The molecule has 0 aliphatic carbocycles. The summed E-state index contributed by atoms with van der Waals surface area (Å²) < 4.78 is 0. The van der Waals surface area contributed by atoms with Crippen molar-refractivity contribution in [1.29, 1.82) is 0 Å². The lowest BCUT2D eigenvalue weighted by molar-refractivity contribution is -0.136. The van der Waals surface area contributed by atoms with Crippen molar-refractivity contribution in [2.75, 3.05) is 10.6 Å². The van der Waals surface area contributed by atoms with Crippen molar-refractivity contribution in [1.82, 2.24) is 5.43 Å². The lowest BCUT2D eigenvalue weighted by Crippen LogP contribution is -2.33. The molecule has 0 fully saturated rings. The monoisotopic (exact) mass is 394 g/mol. The largest absolute Gasteiger partial charge is 0.329 e. The van der Waals surface area contributed by atoms with Gasteiger partial charge in [-0.25, -0.2) is 5.43 Å². The summed E-state index contributed by atoms with van der Waals surface area (Å²) in [5.41, 5.74) is 5.89. The molecule has 0 aliphatic rings. The summed E-state index contributed by atoms with van der Waals surface area (Å²) in [7, 11) is 0. The number of amides is 3. The molecule has 0 spiro atoms. The van der Waals surface area contributed by atoms with E-state index in [1.54, 1.807) is 25.1 Å². The van der Waals surface area contributed by atoms with Gasteiger partial charge >= 0.3 is 11.8 Å². The summed E-state index contributed by atoms with van der Waals surface area (Å²) in [4.78, 5) is 35.9. The minimum atomic E-state index is -0.907. The summed E-state index contributed by atoms with van der Waals surface area (Å²) in [6, 6.07) is 14.7. The number of hydrazone groups is 1. The molecule has 0 heterocycles. The maximum absolute atomic E-state index is 12.1. The first-order valence-electron chi connectivity index (χ1n) is 9.35. The van der Waals surface area contributed by atoms with Gasteiger partial charge in [0.2, 0.25) is 5.91 Å². The molecule has 0 atom stereocenters. The molecule has 0 saturated heterocycles. The SMILES string of the molecule is CC(CC(=O)Nc1ccc(C(C)C)cc1)=NNC(=O)C(=O)Nc1cccc(C)c1. The fraction of sp³-hybridized carbons (Fsp3) is 0.273. The third-order valence-electron chi connectivity index (χ3n) is 4.11. The zero-order chi connectivity index (χ0) is 21.4. The van der Waals surface area contributed by atoms with Gasteiger partial charge < -0.3 is 10.6 Å². The number of hydrogen-bond donors (Lipinski definition) is 3. The van der Waals surface area contributed by atoms with Gasteiger partial charge in [-0.3, -0.25) is 14.4 Å². The van der Waals surface area contributed by atoms with E-state index in [2.05, 4.69) is 35.0 Å². The average Bonchev–Trinajstić information content (AvgIpc) is 2.66. The van der Waals surface area contributed by atoms with E-state index in [0.29, 0.717) is 23.0 Å². The number of nitrogens with zero attached hydrogens (tertiary/aromatic N) is 1. The minimum absolute atomic E-state index is 0.00822. The maximum atomic E-state index is 12.1. The third-order valence-corrected chi connectivity index (χ3v) is 4.11. The number of carbonyl (C=O) groups is 3. The normalized spacial score (nSPS) is 11.1. The first-order valence-corrected chi connectivity index (χ1v) is 9.35. The highest BCUT2D eigenvalue weighted by atomic mass is 16.2. The lowest BCUT2D eigenvalue weighted by atomic mass is 10.0. The van der Waals surface area contributed by atoms with Crippen LogP contribution in [0.1, 0.15) is 44.2 Å². The van der Waals surface area contributed by atoms with Gasteiger partial charge in [0.05, 0.1) is 6.42 Å². The maximum Gasteiger partial charge on any atom is 0.329 e. The summed E-state index contributed by atoms with van der Waals surface area (Å²) >= 11 is 0. The van der Waals surface area contributed by atoms with Crippen molar-refractivity contribution < 1.29 is 14.4 Å². The Morgan fingerprint density at radius 1 is 0.931 bits per heavy atom. The third kappa shape index (κ3) is 7.21. The van der Waals surface area contributed by atoms with E-state index in [1.807, 2.05) is 37.3 Å². The van der Waals surface area contributed by atoms with Crippen LogP contribution in [0.4, 0.5) is 11.4 Å². The second-order valence-electron chi connectivity index (χ2n) is 7.11. The zero-order valence-electron chi connectivity index (χ0n) is 17.1. The van der Waals surface area contributed by atoms with Crippen molar-refractivity contribution in [3.8, 4) is 0 Å². The molecule has 2 rings (SSSR count). The van der Waals surface area contributed by atoms with E-state index in [-0.39, 0.29) is 12.3 Å². The van der Waals surface area contributed by atoms with Gasteiger partial charge in [0.1, 0.15) is 0 Å². The second kappa shape index (κ2) is 10.2. The number of nitrogens with one attached hydrogen (secondary N) is 3. The molecular formula is C22H26N4O3. The Labute approximate surface area is 170 Å². The molecule has 0 unspecified atom stereocenters. The molecule has 3 amide bonds. The number of aryl methyl sites for hydroxylation is 1. The Kier molecular flexibility index (Phi) is 7.65. The van der Waals surface area contributed by atoms with Gasteiger partial charge in [0.15, 0.2) is 0 Å². The highest BCUT2D eigenvalue weighted by molar-refractivity contribution is 6.39. The van der Waals surface area contributed by atoms with E-state index < -0.39 is 11.8 Å². The highest BCUT2D eigenvalue weighted by Crippen LogP contribution is 2.17. The quantitative estimate of drug-likeness (QED) is 0.397. The summed E-state index contributed by atoms with van der Waals surface area (Å²) in [5, 5.41) is 9.09. The Bertz CT molecular complexity index is 918. The first kappa shape index (κ1) is 21.8. The Morgan fingerprint density at radius 2 is 1.62 bits per heavy atom. The number of anilines is 2. The fourth-order valence-electron chi connectivity index (χ4n) is 2.54. The highest BCUT2D eigenvalue weighted by Gasteiger charge is 2.13. The van der Waals surface area contributed by atoms with Crippen LogP contribution in [0.25, 0.3) is 0 Å². The molecule has 2 aromatic rings. The van der Waals surface area contributed by atoms with E-state index in [1.165, 1.54) is 5.56 Å². The molecule has 0 saturated carbocycles. The minimum Gasteiger partial charge on any atom is -0.326 e. The summed E-state index contributed by atoms with van der Waals surface area (Å²) in [6.45, 7) is 7.68. The van der Waals surface area contributed by atoms with Crippen molar-refractivity contribution >= 4 is 34.8 Å². The average molecular weight is 394 g/mol. The topological polar surface area (TPSA) is 99.7 Å². The van der Waals surface area contributed by atoms with Crippen molar-refractivity contribution in [3.05, 3.63) is 59.7 Å². The van der Waals surface area contributed by atoms with Crippen LogP contribution in [0.3, 0.4) is 0 Å². The van der Waals surface area contributed by atoms with E-state index in [9.17, 15) is 14.4 Å². The predicted octanol–water partition coefficient (Wildman–Crippen LogP) is 3.58. The van der Waals surface area contributed by atoms with E-state index in [4.69, 9.17) is 0 Å². The molecule has 29 heavy (non-hydrogen) atoms. The number of hydrogen-bond acceptors (Lipinski definition) is 4. The van der Waals surface area contributed by atoms with Crippen LogP contribution in [0, 0.1) is 6.92 Å². The van der Waals surface area contributed by atoms with Gasteiger partial charge in [0.25, 0.3) is 0 Å². The van der Waals surface area contributed by atoms with Crippen LogP contribution in [0.2, 0.25) is 0 Å². The van der Waals surface area contributed by atoms with Gasteiger partial charge in [-0.15, -0.1) is 0 Å². The number of benzene rings is 2. The molecule has 2 aromatic carbocycles. The van der Waals surface area contributed by atoms with Gasteiger partial charge in [-0.05, 0) is 55.2 Å². The van der Waals surface area contributed by atoms with Crippen molar-refractivity contribution in [2.45, 2.75) is 40.0 Å². The van der Waals surface area contributed by atoms with Crippen LogP contribution < -0.4 is 16.1 Å². The number of carbonyl (C=O) groups excluding carboxylic acids is 3. The van der Waals surface area contributed by atoms with E-state index >= 15 is 0 Å². The molecule has 152 valence electrons. The first-order chi connectivity index (χ1) is 13.7. The summed E-state index contributed by atoms with van der Waals surface area (Å²) in [5.74, 6) is -1.58. The molecule has 7 heteroatoms. The second-order valence-corrected chi connectivity index (χ2v) is 7.11. The van der Waals surface area contributed by atoms with Gasteiger partial charge in [-0.1, -0.05) is 38.1 Å². The standard InChI is InChI=1S/C22H26N4O3/c1-14(2)17-8-10-18(11-9-17)23-20(27)13-16(4)25-26-22(29)21(28)24-19-7-5-6-15(3)12-19/h5-12,14H,13H2,1-4H3,(H,23,27)(H,24,28)(H,26,29).